The zero-order chi connectivity index (χ0) is 14.5. The summed E-state index contributed by atoms with van der Waals surface area (Å²) < 4.78 is 0. The summed E-state index contributed by atoms with van der Waals surface area (Å²) >= 11 is 0. The molecule has 3 N–H and O–H groups in total. The van der Waals surface area contributed by atoms with E-state index in [0.29, 0.717) is 13.0 Å². The Morgan fingerprint density at radius 2 is 1.89 bits per heavy atom. The van der Waals surface area contributed by atoms with Crippen LogP contribution in [-0.4, -0.2) is 18.5 Å². The fraction of sp³-hybridized carbons (Fsp3) is 0.562. The number of nitrogens with two attached hydrogens (primary N) is 1. The van der Waals surface area contributed by atoms with E-state index in [-0.39, 0.29) is 17.4 Å². The van der Waals surface area contributed by atoms with Crippen molar-refractivity contribution in [2.45, 2.75) is 52.0 Å². The number of aryl methyl sites for hydroxylation is 1. The molecule has 1 atom stereocenters. The van der Waals surface area contributed by atoms with E-state index in [9.17, 15) is 4.79 Å². The molecule has 0 aliphatic rings. The molecule has 1 unspecified atom stereocenters. The van der Waals surface area contributed by atoms with E-state index in [2.05, 4.69) is 50.4 Å². The highest BCUT2D eigenvalue weighted by Crippen LogP contribution is 2.22. The normalized spacial score (nSPS) is 13.1. The Balaban J connectivity index is 2.61. The highest BCUT2D eigenvalue weighted by atomic mass is 16.1. The van der Waals surface area contributed by atoms with Crippen LogP contribution in [0.2, 0.25) is 0 Å². The van der Waals surface area contributed by atoms with Crippen LogP contribution in [0.4, 0.5) is 0 Å². The molecule has 1 rings (SSSR count). The van der Waals surface area contributed by atoms with Gasteiger partial charge in [0.2, 0.25) is 5.91 Å². The first kappa shape index (κ1) is 15.7. The van der Waals surface area contributed by atoms with Crippen LogP contribution in [0.25, 0.3) is 0 Å². The third-order valence-corrected chi connectivity index (χ3v) is 3.38. The van der Waals surface area contributed by atoms with Gasteiger partial charge in [-0.1, -0.05) is 45.0 Å². The fourth-order valence-electron chi connectivity index (χ4n) is 1.98. The maximum Gasteiger partial charge on any atom is 0.221 e. The molecule has 3 heteroatoms. The summed E-state index contributed by atoms with van der Waals surface area (Å²) in [7, 11) is 0. The van der Waals surface area contributed by atoms with Crippen LogP contribution < -0.4 is 11.1 Å². The first-order valence-corrected chi connectivity index (χ1v) is 6.97. The monoisotopic (exact) mass is 262 g/mol. The predicted molar refractivity (Wildman–Crippen MR) is 80.1 cm³/mol. The molecule has 19 heavy (non-hydrogen) atoms. The molecule has 0 heterocycles. The minimum Gasteiger partial charge on any atom is -0.355 e. The number of hydrogen-bond acceptors (Lipinski definition) is 2. The zero-order valence-electron chi connectivity index (χ0n) is 12.5. The number of amides is 1. The van der Waals surface area contributed by atoms with Gasteiger partial charge in [0.25, 0.3) is 0 Å². The molecule has 0 aromatic heterocycles. The van der Waals surface area contributed by atoms with Gasteiger partial charge in [-0.05, 0) is 24.5 Å². The van der Waals surface area contributed by atoms with Crippen LogP contribution in [0.3, 0.4) is 0 Å². The van der Waals surface area contributed by atoms with Crippen LogP contribution in [0, 0.1) is 0 Å². The number of carbonyl (C=O) groups is 1. The summed E-state index contributed by atoms with van der Waals surface area (Å²) in [5.41, 5.74) is 8.12. The number of rotatable bonds is 6. The minimum absolute atomic E-state index is 0.0215. The van der Waals surface area contributed by atoms with Gasteiger partial charge in [0.15, 0.2) is 0 Å². The number of hydrogen-bond donors (Lipinski definition) is 2. The van der Waals surface area contributed by atoms with Crippen LogP contribution in [0.1, 0.15) is 45.2 Å². The lowest BCUT2D eigenvalue weighted by molar-refractivity contribution is -0.121. The Bertz CT molecular complexity index is 407. The Labute approximate surface area is 116 Å². The van der Waals surface area contributed by atoms with Crippen molar-refractivity contribution >= 4 is 5.91 Å². The van der Waals surface area contributed by atoms with Crippen molar-refractivity contribution in [3.63, 3.8) is 0 Å². The standard InChI is InChI=1S/C16H26N2O/c1-5-13-6-8-14(9-7-13)16(3,4)11-18-15(19)10-12(2)17/h6-9,12H,5,10-11,17H2,1-4H3,(H,18,19). The molecule has 1 aromatic carbocycles. The van der Waals surface area contributed by atoms with Crippen LogP contribution >= 0.6 is 0 Å². The first-order chi connectivity index (χ1) is 8.85. The lowest BCUT2D eigenvalue weighted by atomic mass is 9.84. The molecule has 0 spiro atoms. The summed E-state index contributed by atoms with van der Waals surface area (Å²) in [5, 5.41) is 2.96. The van der Waals surface area contributed by atoms with Gasteiger partial charge in [-0.3, -0.25) is 4.79 Å². The van der Waals surface area contributed by atoms with Crippen molar-refractivity contribution in [1.82, 2.24) is 5.32 Å². The van der Waals surface area contributed by atoms with E-state index >= 15 is 0 Å². The SMILES string of the molecule is CCc1ccc(C(C)(C)CNC(=O)CC(C)N)cc1. The maximum absolute atomic E-state index is 11.6. The van der Waals surface area contributed by atoms with Gasteiger partial charge in [-0.2, -0.15) is 0 Å². The van der Waals surface area contributed by atoms with Crippen molar-refractivity contribution < 1.29 is 4.79 Å². The molecule has 0 bridgehead atoms. The first-order valence-electron chi connectivity index (χ1n) is 6.97. The summed E-state index contributed by atoms with van der Waals surface area (Å²) in [6.45, 7) is 8.90. The highest BCUT2D eigenvalue weighted by Gasteiger charge is 2.21. The van der Waals surface area contributed by atoms with Gasteiger partial charge in [-0.15, -0.1) is 0 Å². The molecular formula is C16H26N2O. The van der Waals surface area contributed by atoms with Crippen LogP contribution in [0.15, 0.2) is 24.3 Å². The quantitative estimate of drug-likeness (QED) is 0.827. The molecule has 0 fully saturated rings. The van der Waals surface area contributed by atoms with Gasteiger partial charge < -0.3 is 11.1 Å². The lowest BCUT2D eigenvalue weighted by Crippen LogP contribution is -2.38. The number of nitrogens with one attached hydrogen (secondary N) is 1. The highest BCUT2D eigenvalue weighted by molar-refractivity contribution is 5.76. The van der Waals surface area contributed by atoms with Crippen molar-refractivity contribution in [1.29, 1.82) is 0 Å². The molecule has 0 aliphatic carbocycles. The van der Waals surface area contributed by atoms with E-state index in [0.717, 1.165) is 6.42 Å². The van der Waals surface area contributed by atoms with Gasteiger partial charge in [0.05, 0.1) is 0 Å². The molecular weight excluding hydrogens is 236 g/mol. The molecule has 106 valence electrons. The predicted octanol–water partition coefficient (Wildman–Crippen LogP) is 2.38. The van der Waals surface area contributed by atoms with E-state index in [1.54, 1.807) is 0 Å². The van der Waals surface area contributed by atoms with Crippen molar-refractivity contribution in [3.05, 3.63) is 35.4 Å². The number of benzene rings is 1. The zero-order valence-corrected chi connectivity index (χ0v) is 12.5. The molecule has 1 amide bonds. The average Bonchev–Trinajstić information content (AvgIpc) is 2.36. The smallest absolute Gasteiger partial charge is 0.221 e. The van der Waals surface area contributed by atoms with E-state index < -0.39 is 0 Å². The Kier molecular flexibility index (Phi) is 5.55. The van der Waals surface area contributed by atoms with Crippen LogP contribution in [0.5, 0.6) is 0 Å². The third kappa shape index (κ3) is 5.03. The van der Waals surface area contributed by atoms with E-state index in [1.165, 1.54) is 11.1 Å². The second-order valence-corrected chi connectivity index (χ2v) is 5.89. The minimum atomic E-state index is -0.0908. The lowest BCUT2D eigenvalue weighted by Gasteiger charge is -2.26. The van der Waals surface area contributed by atoms with Gasteiger partial charge >= 0.3 is 0 Å². The fourth-order valence-corrected chi connectivity index (χ4v) is 1.98. The second kappa shape index (κ2) is 6.71. The van der Waals surface area contributed by atoms with Gasteiger partial charge in [0, 0.05) is 24.4 Å². The molecule has 0 aliphatic heterocycles. The van der Waals surface area contributed by atoms with Crippen molar-refractivity contribution in [2.24, 2.45) is 5.73 Å². The Hall–Kier alpha value is -1.35. The van der Waals surface area contributed by atoms with Crippen LogP contribution in [-0.2, 0) is 16.6 Å². The Morgan fingerprint density at radius 1 is 1.32 bits per heavy atom. The molecule has 0 saturated carbocycles. The van der Waals surface area contributed by atoms with Crippen molar-refractivity contribution in [3.8, 4) is 0 Å². The van der Waals surface area contributed by atoms with E-state index in [4.69, 9.17) is 5.73 Å². The molecule has 1 aromatic rings. The van der Waals surface area contributed by atoms with Crippen molar-refractivity contribution in [2.75, 3.05) is 6.54 Å². The average molecular weight is 262 g/mol. The third-order valence-electron chi connectivity index (χ3n) is 3.38. The van der Waals surface area contributed by atoms with E-state index in [1.807, 2.05) is 6.92 Å². The largest absolute Gasteiger partial charge is 0.355 e. The summed E-state index contributed by atoms with van der Waals surface area (Å²) in [6.07, 6.45) is 1.43. The molecule has 3 nitrogen and oxygen atoms in total. The van der Waals surface area contributed by atoms with Gasteiger partial charge in [0.1, 0.15) is 0 Å². The number of carbonyl (C=O) groups excluding carboxylic acids is 1. The second-order valence-electron chi connectivity index (χ2n) is 5.89. The Morgan fingerprint density at radius 3 is 2.37 bits per heavy atom. The maximum atomic E-state index is 11.6. The van der Waals surface area contributed by atoms with Gasteiger partial charge in [-0.25, -0.2) is 0 Å². The molecule has 0 saturated heterocycles. The topological polar surface area (TPSA) is 55.1 Å². The molecule has 0 radical (unpaired) electrons. The summed E-state index contributed by atoms with van der Waals surface area (Å²) in [6, 6.07) is 8.52. The summed E-state index contributed by atoms with van der Waals surface area (Å²) in [5.74, 6) is 0.0215. The summed E-state index contributed by atoms with van der Waals surface area (Å²) in [4.78, 5) is 11.6.